The van der Waals surface area contributed by atoms with E-state index in [1.807, 2.05) is 6.92 Å². The van der Waals surface area contributed by atoms with Gasteiger partial charge in [-0.05, 0) is 55.8 Å². The molecule has 1 N–H and O–H groups in total. The molecule has 0 heterocycles. The van der Waals surface area contributed by atoms with Crippen LogP contribution in [0.25, 0.3) is 0 Å². The molecule has 0 saturated heterocycles. The normalized spacial score (nSPS) is 11.8. The van der Waals surface area contributed by atoms with Crippen molar-refractivity contribution >= 4 is 27.3 Å². The first kappa shape index (κ1) is 23.3. The monoisotopic (exact) mass is 462 g/mol. The predicted molar refractivity (Wildman–Crippen MR) is 117 cm³/mol. The molecule has 0 bridgehead atoms. The van der Waals surface area contributed by atoms with Crippen LogP contribution in [0.3, 0.4) is 0 Å². The molecule has 0 saturated carbocycles. The average Bonchev–Trinajstić information content (AvgIpc) is 2.72. The van der Waals surface area contributed by atoms with Crippen molar-refractivity contribution in [3.05, 3.63) is 89.5 Å². The summed E-state index contributed by atoms with van der Waals surface area (Å²) >= 11 is 0. The standard InChI is InChI=1S/C23H21F3N2O3S/c1-16-10-12-20(13-11-16)32(30,31)28(21-9-4-3-6-17(21)2)15-22(29)27-19-8-5-7-18(14-19)23(24,25)26/h3-14H,15H2,1-2H3,(H,27,29). The van der Waals surface area contributed by atoms with Gasteiger partial charge in [-0.15, -0.1) is 0 Å². The van der Waals surface area contributed by atoms with Crippen molar-refractivity contribution < 1.29 is 26.4 Å². The van der Waals surface area contributed by atoms with E-state index in [1.165, 1.54) is 24.3 Å². The number of sulfonamides is 1. The van der Waals surface area contributed by atoms with E-state index < -0.39 is 34.2 Å². The number of hydrogen-bond donors (Lipinski definition) is 1. The van der Waals surface area contributed by atoms with Crippen LogP contribution in [-0.2, 0) is 21.0 Å². The molecule has 0 aliphatic carbocycles. The molecule has 0 fully saturated rings. The van der Waals surface area contributed by atoms with Crippen molar-refractivity contribution in [3.63, 3.8) is 0 Å². The molecule has 9 heteroatoms. The minimum atomic E-state index is -4.57. The lowest BCUT2D eigenvalue weighted by atomic mass is 10.2. The van der Waals surface area contributed by atoms with Gasteiger partial charge in [0.25, 0.3) is 10.0 Å². The number of benzene rings is 3. The van der Waals surface area contributed by atoms with Crippen LogP contribution in [0.1, 0.15) is 16.7 Å². The zero-order valence-corrected chi connectivity index (χ0v) is 18.2. The molecule has 0 unspecified atom stereocenters. The first-order valence-corrected chi connectivity index (χ1v) is 11.0. The second-order valence-electron chi connectivity index (χ2n) is 7.24. The molecule has 3 aromatic carbocycles. The highest BCUT2D eigenvalue weighted by Crippen LogP contribution is 2.31. The van der Waals surface area contributed by atoms with Gasteiger partial charge in [0, 0.05) is 5.69 Å². The summed E-state index contributed by atoms with van der Waals surface area (Å²) in [6.07, 6.45) is -4.57. The van der Waals surface area contributed by atoms with Gasteiger partial charge in [-0.25, -0.2) is 8.42 Å². The minimum absolute atomic E-state index is 0.00165. The van der Waals surface area contributed by atoms with Crippen LogP contribution in [-0.4, -0.2) is 20.9 Å². The third-order valence-electron chi connectivity index (χ3n) is 4.75. The molecule has 0 aliphatic heterocycles. The molecule has 3 rings (SSSR count). The maximum absolute atomic E-state index is 13.4. The van der Waals surface area contributed by atoms with Crippen molar-refractivity contribution in [3.8, 4) is 0 Å². The van der Waals surface area contributed by atoms with Gasteiger partial charge >= 0.3 is 6.18 Å². The summed E-state index contributed by atoms with van der Waals surface area (Å²) in [4.78, 5) is 12.7. The lowest BCUT2D eigenvalue weighted by molar-refractivity contribution is -0.137. The molecule has 3 aromatic rings. The molecule has 0 aliphatic rings. The van der Waals surface area contributed by atoms with Crippen LogP contribution in [0.4, 0.5) is 24.5 Å². The fourth-order valence-corrected chi connectivity index (χ4v) is 4.57. The van der Waals surface area contributed by atoms with Gasteiger partial charge in [-0.1, -0.05) is 42.0 Å². The number of para-hydroxylation sites is 1. The Balaban J connectivity index is 1.94. The maximum Gasteiger partial charge on any atom is 0.416 e. The Labute approximate surface area is 184 Å². The Morgan fingerprint density at radius 2 is 1.59 bits per heavy atom. The van der Waals surface area contributed by atoms with E-state index in [4.69, 9.17) is 0 Å². The van der Waals surface area contributed by atoms with Crippen LogP contribution < -0.4 is 9.62 Å². The van der Waals surface area contributed by atoms with Crippen molar-refractivity contribution in [2.45, 2.75) is 24.9 Å². The number of alkyl halides is 3. The number of amides is 1. The molecule has 1 amide bonds. The Morgan fingerprint density at radius 3 is 2.22 bits per heavy atom. The number of anilines is 2. The van der Waals surface area contributed by atoms with Crippen LogP contribution in [0.15, 0.2) is 77.7 Å². The summed E-state index contributed by atoms with van der Waals surface area (Å²) in [6.45, 7) is 2.91. The van der Waals surface area contributed by atoms with Crippen molar-refractivity contribution in [1.29, 1.82) is 0 Å². The molecule has 32 heavy (non-hydrogen) atoms. The molecule has 168 valence electrons. The van der Waals surface area contributed by atoms with Gasteiger partial charge in [0.2, 0.25) is 5.91 Å². The molecule has 0 aromatic heterocycles. The van der Waals surface area contributed by atoms with Crippen LogP contribution in [0, 0.1) is 13.8 Å². The largest absolute Gasteiger partial charge is 0.416 e. The SMILES string of the molecule is Cc1ccc(S(=O)(=O)N(CC(=O)Nc2cccc(C(F)(F)F)c2)c2ccccc2C)cc1. The fraction of sp³-hybridized carbons (Fsp3) is 0.174. The van der Waals surface area contributed by atoms with Crippen LogP contribution in [0.2, 0.25) is 0 Å². The van der Waals surface area contributed by atoms with Gasteiger partial charge in [0.1, 0.15) is 6.54 Å². The van der Waals surface area contributed by atoms with Gasteiger partial charge in [-0.2, -0.15) is 13.2 Å². The van der Waals surface area contributed by atoms with E-state index in [0.29, 0.717) is 11.3 Å². The number of nitrogens with zero attached hydrogens (tertiary/aromatic N) is 1. The lowest BCUT2D eigenvalue weighted by Gasteiger charge is -2.25. The quantitative estimate of drug-likeness (QED) is 0.551. The highest BCUT2D eigenvalue weighted by molar-refractivity contribution is 7.92. The van der Waals surface area contributed by atoms with Gasteiger partial charge in [0.15, 0.2) is 0 Å². The minimum Gasteiger partial charge on any atom is -0.325 e. The van der Waals surface area contributed by atoms with Crippen LogP contribution >= 0.6 is 0 Å². The summed E-state index contributed by atoms with van der Waals surface area (Å²) in [5.74, 6) is -0.775. The van der Waals surface area contributed by atoms with E-state index in [2.05, 4.69) is 5.32 Å². The van der Waals surface area contributed by atoms with Gasteiger partial charge in [-0.3, -0.25) is 9.10 Å². The summed E-state index contributed by atoms with van der Waals surface area (Å²) in [6, 6.07) is 17.0. The van der Waals surface area contributed by atoms with Crippen molar-refractivity contribution in [2.24, 2.45) is 0 Å². The average molecular weight is 462 g/mol. The molecule has 5 nitrogen and oxygen atoms in total. The molecular weight excluding hydrogens is 441 g/mol. The van der Waals surface area contributed by atoms with E-state index in [-0.39, 0.29) is 10.6 Å². The zero-order chi connectivity index (χ0) is 23.5. The highest BCUT2D eigenvalue weighted by Gasteiger charge is 2.31. The Kier molecular flexibility index (Phi) is 6.59. The van der Waals surface area contributed by atoms with Crippen molar-refractivity contribution in [1.82, 2.24) is 0 Å². The summed E-state index contributed by atoms with van der Waals surface area (Å²) in [5.41, 5.74) is 0.789. The Bertz CT molecular complexity index is 1220. The third-order valence-corrected chi connectivity index (χ3v) is 6.53. The summed E-state index contributed by atoms with van der Waals surface area (Å²) < 4.78 is 66.5. The number of nitrogens with one attached hydrogen (secondary N) is 1. The molecular formula is C23H21F3N2O3S. The number of rotatable bonds is 6. The Morgan fingerprint density at radius 1 is 0.938 bits per heavy atom. The first-order chi connectivity index (χ1) is 15.0. The number of carbonyl (C=O) groups is 1. The molecule has 0 spiro atoms. The van der Waals surface area contributed by atoms with E-state index >= 15 is 0 Å². The van der Waals surface area contributed by atoms with E-state index in [1.54, 1.807) is 43.3 Å². The third kappa shape index (κ3) is 5.28. The maximum atomic E-state index is 13.4. The lowest BCUT2D eigenvalue weighted by Crippen LogP contribution is -2.38. The number of carbonyl (C=O) groups excluding carboxylic acids is 1. The fourth-order valence-electron chi connectivity index (χ4n) is 3.08. The topological polar surface area (TPSA) is 66.5 Å². The second-order valence-corrected chi connectivity index (χ2v) is 9.10. The van der Waals surface area contributed by atoms with Crippen LogP contribution in [0.5, 0.6) is 0 Å². The summed E-state index contributed by atoms with van der Waals surface area (Å²) in [7, 11) is -4.12. The van der Waals surface area contributed by atoms with E-state index in [0.717, 1.165) is 22.0 Å². The number of halogens is 3. The molecule has 0 atom stereocenters. The number of hydrogen-bond acceptors (Lipinski definition) is 3. The van der Waals surface area contributed by atoms with Crippen molar-refractivity contribution in [2.75, 3.05) is 16.2 Å². The Hall–Kier alpha value is -3.33. The summed E-state index contributed by atoms with van der Waals surface area (Å²) in [5, 5.41) is 2.36. The number of aryl methyl sites for hydroxylation is 2. The second kappa shape index (κ2) is 9.04. The first-order valence-electron chi connectivity index (χ1n) is 9.60. The molecule has 0 radical (unpaired) electrons. The highest BCUT2D eigenvalue weighted by atomic mass is 32.2. The van der Waals surface area contributed by atoms with Gasteiger partial charge in [0.05, 0.1) is 16.1 Å². The zero-order valence-electron chi connectivity index (χ0n) is 17.3. The predicted octanol–water partition coefficient (Wildman–Crippen LogP) is 5.16. The van der Waals surface area contributed by atoms with Gasteiger partial charge < -0.3 is 5.32 Å². The van der Waals surface area contributed by atoms with E-state index in [9.17, 15) is 26.4 Å². The smallest absolute Gasteiger partial charge is 0.325 e.